The molecule has 2 aromatic rings. The molecule has 0 fully saturated rings. The zero-order valence-electron chi connectivity index (χ0n) is 12.2. The van der Waals surface area contributed by atoms with Crippen LogP contribution in [0.5, 0.6) is 0 Å². The molecule has 0 radical (unpaired) electrons. The van der Waals surface area contributed by atoms with Gasteiger partial charge in [0.1, 0.15) is 0 Å². The van der Waals surface area contributed by atoms with E-state index >= 15 is 0 Å². The van der Waals surface area contributed by atoms with Gasteiger partial charge in [-0.1, -0.05) is 30.7 Å². The minimum atomic E-state index is -0.575. The van der Waals surface area contributed by atoms with E-state index in [1.807, 2.05) is 42.1 Å². The van der Waals surface area contributed by atoms with Crippen molar-refractivity contribution < 1.29 is 5.11 Å². The summed E-state index contributed by atoms with van der Waals surface area (Å²) < 4.78 is 1.95. The van der Waals surface area contributed by atoms with E-state index in [4.69, 9.17) is 11.6 Å². The predicted octanol–water partition coefficient (Wildman–Crippen LogP) is 4.09. The van der Waals surface area contributed by atoms with Gasteiger partial charge >= 0.3 is 0 Å². The smallest absolute Gasteiger partial charge is 0.0849 e. The lowest BCUT2D eigenvalue weighted by molar-refractivity contribution is 0.176. The maximum Gasteiger partial charge on any atom is 0.0849 e. The normalized spacial score (nSPS) is 14.2. The van der Waals surface area contributed by atoms with Gasteiger partial charge in [0.15, 0.2) is 0 Å². The summed E-state index contributed by atoms with van der Waals surface area (Å²) in [4.78, 5) is 0. The van der Waals surface area contributed by atoms with Gasteiger partial charge in [0, 0.05) is 23.7 Å². The number of aliphatic hydroxyl groups is 1. The van der Waals surface area contributed by atoms with Crippen LogP contribution < -0.4 is 0 Å². The van der Waals surface area contributed by atoms with Crippen LogP contribution >= 0.6 is 11.6 Å². The molecule has 1 N–H and O–H groups in total. The molecule has 0 spiro atoms. The second-order valence-electron chi connectivity index (χ2n) is 5.22. The summed E-state index contributed by atoms with van der Waals surface area (Å²) in [6, 6.07) is 7.97. The summed E-state index contributed by atoms with van der Waals surface area (Å²) in [5.41, 5.74) is 2.70. The van der Waals surface area contributed by atoms with E-state index in [2.05, 4.69) is 18.9 Å². The van der Waals surface area contributed by atoms with Gasteiger partial charge in [-0.25, -0.2) is 0 Å². The number of aromatic nitrogens is 2. The van der Waals surface area contributed by atoms with Gasteiger partial charge in [-0.15, -0.1) is 0 Å². The third kappa shape index (κ3) is 3.22. The molecule has 0 aliphatic heterocycles. The van der Waals surface area contributed by atoms with Gasteiger partial charge in [0.05, 0.1) is 11.8 Å². The number of aliphatic hydroxyl groups excluding tert-OH is 1. The quantitative estimate of drug-likeness (QED) is 0.901. The van der Waals surface area contributed by atoms with Crippen LogP contribution in [0.1, 0.15) is 49.2 Å². The molecule has 0 bridgehead atoms. The fourth-order valence-corrected chi connectivity index (χ4v) is 2.39. The Morgan fingerprint density at radius 2 is 2.10 bits per heavy atom. The molecule has 2 unspecified atom stereocenters. The molecular weight excluding hydrogens is 272 g/mol. The Kier molecular flexibility index (Phi) is 4.84. The third-order valence-corrected chi connectivity index (χ3v) is 4.19. The largest absolute Gasteiger partial charge is 0.388 e. The first-order chi connectivity index (χ1) is 9.52. The summed E-state index contributed by atoms with van der Waals surface area (Å²) >= 11 is 6.09. The second kappa shape index (κ2) is 6.42. The molecule has 0 aliphatic rings. The van der Waals surface area contributed by atoms with E-state index < -0.39 is 6.10 Å². The minimum absolute atomic E-state index is 0.383. The first-order valence-electron chi connectivity index (χ1n) is 7.00. The van der Waals surface area contributed by atoms with Crippen LogP contribution in [0, 0.1) is 6.92 Å². The molecule has 0 saturated heterocycles. The molecule has 1 aromatic heterocycles. The first kappa shape index (κ1) is 15.1. The van der Waals surface area contributed by atoms with E-state index in [1.54, 1.807) is 0 Å². The van der Waals surface area contributed by atoms with Crippen molar-refractivity contribution in [3.05, 3.63) is 52.3 Å². The summed E-state index contributed by atoms with van der Waals surface area (Å²) in [6.07, 6.45) is 2.94. The topological polar surface area (TPSA) is 38.0 Å². The maximum absolute atomic E-state index is 10.4. The van der Waals surface area contributed by atoms with Crippen molar-refractivity contribution in [2.45, 2.75) is 45.8 Å². The molecule has 0 amide bonds. The molecule has 2 atom stereocenters. The number of hydrogen-bond donors (Lipinski definition) is 1. The summed E-state index contributed by atoms with van der Waals surface area (Å²) in [5.74, 6) is 0. The molecule has 0 saturated carbocycles. The van der Waals surface area contributed by atoms with Gasteiger partial charge in [0.25, 0.3) is 0 Å². The monoisotopic (exact) mass is 292 g/mol. The van der Waals surface area contributed by atoms with Crippen molar-refractivity contribution in [2.75, 3.05) is 0 Å². The van der Waals surface area contributed by atoms with Crippen molar-refractivity contribution in [2.24, 2.45) is 0 Å². The Balaban J connectivity index is 2.13. The lowest BCUT2D eigenvalue weighted by Crippen LogP contribution is -2.07. The van der Waals surface area contributed by atoms with E-state index in [0.29, 0.717) is 17.5 Å². The van der Waals surface area contributed by atoms with E-state index in [0.717, 1.165) is 23.2 Å². The van der Waals surface area contributed by atoms with Crippen molar-refractivity contribution in [3.8, 4) is 0 Å². The Morgan fingerprint density at radius 3 is 2.80 bits per heavy atom. The first-order valence-corrected chi connectivity index (χ1v) is 7.37. The van der Waals surface area contributed by atoms with Gasteiger partial charge in [-0.05, 0) is 43.5 Å². The summed E-state index contributed by atoms with van der Waals surface area (Å²) in [7, 11) is 0. The van der Waals surface area contributed by atoms with E-state index in [-0.39, 0.29) is 0 Å². The molecular formula is C16H21ClN2O. The molecule has 1 heterocycles. The van der Waals surface area contributed by atoms with Gasteiger partial charge in [-0.2, -0.15) is 5.10 Å². The highest BCUT2D eigenvalue weighted by molar-refractivity contribution is 6.31. The number of rotatable bonds is 5. The van der Waals surface area contributed by atoms with Gasteiger partial charge in [0.2, 0.25) is 0 Å². The number of nitrogens with zero attached hydrogens (tertiary/aromatic N) is 2. The second-order valence-corrected chi connectivity index (χ2v) is 5.63. The van der Waals surface area contributed by atoms with Crippen LogP contribution in [0.2, 0.25) is 5.02 Å². The number of benzene rings is 1. The summed E-state index contributed by atoms with van der Waals surface area (Å²) in [5, 5.41) is 15.6. The summed E-state index contributed by atoms with van der Waals surface area (Å²) in [6.45, 7) is 6.20. The van der Waals surface area contributed by atoms with Crippen LogP contribution in [0.3, 0.4) is 0 Å². The third-order valence-electron chi connectivity index (χ3n) is 3.78. The van der Waals surface area contributed by atoms with Crippen molar-refractivity contribution in [3.63, 3.8) is 0 Å². The Morgan fingerprint density at radius 1 is 1.35 bits per heavy atom. The molecule has 1 aromatic carbocycles. The fraction of sp³-hybridized carbons (Fsp3) is 0.438. The lowest BCUT2D eigenvalue weighted by atomic mass is 10.00. The van der Waals surface area contributed by atoms with Gasteiger partial charge in [-0.3, -0.25) is 4.68 Å². The standard InChI is InChI=1S/C16H21ClN2O/c1-4-11(2)19-9-8-13(18-19)10-16(20)14-6-5-7-15(17)12(14)3/h5-9,11,16,20H,4,10H2,1-3H3. The SMILES string of the molecule is CCC(C)n1ccc(CC(O)c2cccc(Cl)c2C)n1. The van der Waals surface area contributed by atoms with Crippen LogP contribution in [-0.4, -0.2) is 14.9 Å². The average molecular weight is 293 g/mol. The molecule has 108 valence electrons. The zero-order valence-corrected chi connectivity index (χ0v) is 12.9. The zero-order chi connectivity index (χ0) is 14.7. The fourth-order valence-electron chi connectivity index (χ4n) is 2.21. The van der Waals surface area contributed by atoms with Crippen molar-refractivity contribution in [1.29, 1.82) is 0 Å². The Bertz CT molecular complexity index is 580. The highest BCUT2D eigenvalue weighted by Crippen LogP contribution is 2.26. The molecule has 2 rings (SSSR count). The lowest BCUT2D eigenvalue weighted by Gasteiger charge is -2.14. The predicted molar refractivity (Wildman–Crippen MR) is 82.1 cm³/mol. The van der Waals surface area contributed by atoms with Crippen molar-refractivity contribution >= 4 is 11.6 Å². The number of hydrogen-bond acceptors (Lipinski definition) is 2. The van der Waals surface area contributed by atoms with Crippen LogP contribution in [0.4, 0.5) is 0 Å². The van der Waals surface area contributed by atoms with E-state index in [9.17, 15) is 5.11 Å². The average Bonchev–Trinajstić information content (AvgIpc) is 2.89. The molecule has 4 heteroatoms. The van der Waals surface area contributed by atoms with Crippen LogP contribution in [-0.2, 0) is 6.42 Å². The number of halogens is 1. The molecule has 3 nitrogen and oxygen atoms in total. The molecule has 0 aliphatic carbocycles. The maximum atomic E-state index is 10.4. The highest BCUT2D eigenvalue weighted by Gasteiger charge is 2.15. The molecule has 20 heavy (non-hydrogen) atoms. The van der Waals surface area contributed by atoms with E-state index in [1.165, 1.54) is 0 Å². The van der Waals surface area contributed by atoms with Crippen LogP contribution in [0.15, 0.2) is 30.5 Å². The Labute approximate surface area is 125 Å². The van der Waals surface area contributed by atoms with Gasteiger partial charge < -0.3 is 5.11 Å². The highest BCUT2D eigenvalue weighted by atomic mass is 35.5. The Hall–Kier alpha value is -1.32. The van der Waals surface area contributed by atoms with Crippen LogP contribution in [0.25, 0.3) is 0 Å². The van der Waals surface area contributed by atoms with Crippen molar-refractivity contribution in [1.82, 2.24) is 9.78 Å². The minimum Gasteiger partial charge on any atom is -0.388 e.